The molecule has 2 aromatic carbocycles. The van der Waals surface area contributed by atoms with Gasteiger partial charge in [-0.05, 0) is 60.7 Å². The highest BCUT2D eigenvalue weighted by Gasteiger charge is 2.11. The number of nitrogens with one attached hydrogen (secondary N) is 1. The third-order valence-electron chi connectivity index (χ3n) is 4.92. The number of benzene rings is 2. The highest BCUT2D eigenvalue weighted by molar-refractivity contribution is 6.35. The smallest absolute Gasteiger partial charge is 0.130 e. The molecule has 1 aliphatic carbocycles. The summed E-state index contributed by atoms with van der Waals surface area (Å²) in [6, 6.07) is 11.7. The molecule has 2 nitrogen and oxygen atoms in total. The van der Waals surface area contributed by atoms with Gasteiger partial charge in [-0.2, -0.15) is 0 Å². The number of allylic oxidation sites excluding steroid dienone is 1. The minimum atomic E-state index is 0.681. The first-order valence-corrected chi connectivity index (χ1v) is 9.58. The summed E-state index contributed by atoms with van der Waals surface area (Å²) in [5.74, 6) is 1.61. The second-order valence-electron chi connectivity index (χ2n) is 6.74. The van der Waals surface area contributed by atoms with Gasteiger partial charge in [-0.3, -0.25) is 0 Å². The quantitative estimate of drug-likeness (QED) is 0.521. The monoisotopic (exact) mass is 370 g/mol. The molecular formula is C21H20Cl2N2. The van der Waals surface area contributed by atoms with Crippen LogP contribution in [0.5, 0.6) is 0 Å². The van der Waals surface area contributed by atoms with Crippen LogP contribution in [-0.4, -0.2) is 9.97 Å². The van der Waals surface area contributed by atoms with E-state index >= 15 is 0 Å². The average Bonchev–Trinajstić information content (AvgIpc) is 3.05. The van der Waals surface area contributed by atoms with E-state index in [1.54, 1.807) is 6.07 Å². The van der Waals surface area contributed by atoms with Crippen molar-refractivity contribution >= 4 is 40.3 Å². The van der Waals surface area contributed by atoms with Crippen LogP contribution < -0.4 is 0 Å². The molecule has 0 saturated heterocycles. The number of rotatable bonds is 3. The number of aromatic nitrogens is 2. The lowest BCUT2D eigenvalue weighted by molar-refractivity contribution is 0.420. The molecule has 1 aliphatic rings. The van der Waals surface area contributed by atoms with Crippen LogP contribution in [0, 0.1) is 5.92 Å². The lowest BCUT2D eigenvalue weighted by Crippen LogP contribution is -2.02. The largest absolute Gasteiger partial charge is 0.338 e. The molecule has 4 rings (SSSR count). The van der Waals surface area contributed by atoms with Crippen molar-refractivity contribution in [2.24, 2.45) is 5.92 Å². The Labute approximate surface area is 157 Å². The Balaban J connectivity index is 1.63. The molecule has 0 unspecified atom stereocenters. The van der Waals surface area contributed by atoms with Gasteiger partial charge >= 0.3 is 0 Å². The Morgan fingerprint density at radius 3 is 2.68 bits per heavy atom. The summed E-state index contributed by atoms with van der Waals surface area (Å²) in [5, 5.41) is 1.38. The van der Waals surface area contributed by atoms with Crippen LogP contribution in [0.4, 0.5) is 0 Å². The van der Waals surface area contributed by atoms with E-state index in [0.29, 0.717) is 16.0 Å². The molecule has 1 aromatic heterocycles. The summed E-state index contributed by atoms with van der Waals surface area (Å²) in [6.45, 7) is 0. The highest BCUT2D eigenvalue weighted by Crippen LogP contribution is 2.32. The van der Waals surface area contributed by atoms with Gasteiger partial charge in [0.2, 0.25) is 0 Å². The Morgan fingerprint density at radius 2 is 1.84 bits per heavy atom. The minimum absolute atomic E-state index is 0.681. The van der Waals surface area contributed by atoms with Crippen LogP contribution in [0.3, 0.4) is 0 Å². The van der Waals surface area contributed by atoms with Crippen LogP contribution in [0.2, 0.25) is 10.0 Å². The van der Waals surface area contributed by atoms with Crippen LogP contribution in [0.25, 0.3) is 28.2 Å². The maximum absolute atomic E-state index is 6.33. The summed E-state index contributed by atoms with van der Waals surface area (Å²) in [5.41, 5.74) is 3.94. The average molecular weight is 371 g/mol. The van der Waals surface area contributed by atoms with Crippen LogP contribution >= 0.6 is 23.2 Å². The second-order valence-corrected chi connectivity index (χ2v) is 7.58. The van der Waals surface area contributed by atoms with Gasteiger partial charge in [0.15, 0.2) is 0 Å². The zero-order chi connectivity index (χ0) is 17.2. The lowest BCUT2D eigenvalue weighted by atomic mass is 9.89. The van der Waals surface area contributed by atoms with Crippen LogP contribution in [-0.2, 0) is 0 Å². The third-order valence-corrected chi connectivity index (χ3v) is 5.48. The Kier molecular flexibility index (Phi) is 4.82. The lowest BCUT2D eigenvalue weighted by Gasteiger charge is -2.17. The van der Waals surface area contributed by atoms with E-state index in [9.17, 15) is 0 Å². The Morgan fingerprint density at radius 1 is 1.00 bits per heavy atom. The summed E-state index contributed by atoms with van der Waals surface area (Å²) in [6.07, 6.45) is 11.1. The number of imidazole rings is 1. The van der Waals surface area contributed by atoms with Gasteiger partial charge in [0.05, 0.1) is 11.0 Å². The number of aromatic amines is 1. The van der Waals surface area contributed by atoms with Gasteiger partial charge in [-0.15, -0.1) is 0 Å². The fourth-order valence-electron chi connectivity index (χ4n) is 3.55. The van der Waals surface area contributed by atoms with Crippen molar-refractivity contribution in [1.82, 2.24) is 9.97 Å². The van der Waals surface area contributed by atoms with E-state index in [-0.39, 0.29) is 0 Å². The fourth-order valence-corrected chi connectivity index (χ4v) is 3.95. The van der Waals surface area contributed by atoms with Crippen molar-refractivity contribution < 1.29 is 0 Å². The summed E-state index contributed by atoms with van der Waals surface area (Å²) in [4.78, 5) is 8.08. The molecule has 1 fully saturated rings. The first kappa shape index (κ1) is 16.7. The molecule has 128 valence electrons. The molecule has 25 heavy (non-hydrogen) atoms. The maximum Gasteiger partial charge on any atom is 0.130 e. The minimum Gasteiger partial charge on any atom is -0.338 e. The standard InChI is InChI=1S/C21H20Cl2N2/c22-16-8-9-18(23)17(13-16)15-7-10-19-20(12-15)25-21(24-19)11-6-14-4-2-1-3-5-14/h6-14H,1-5H2,(H,24,25)/b11-6+. The van der Waals surface area contributed by atoms with Crippen molar-refractivity contribution in [3.63, 3.8) is 0 Å². The maximum atomic E-state index is 6.33. The van der Waals surface area contributed by atoms with E-state index in [0.717, 1.165) is 28.0 Å². The summed E-state index contributed by atoms with van der Waals surface area (Å²) < 4.78 is 0. The molecule has 4 heteroatoms. The first-order chi connectivity index (χ1) is 12.2. The number of hydrogen-bond donors (Lipinski definition) is 1. The number of hydrogen-bond acceptors (Lipinski definition) is 1. The van der Waals surface area contributed by atoms with Gasteiger partial charge in [0, 0.05) is 15.6 Å². The SMILES string of the molecule is Clc1ccc(Cl)c(-c2ccc3nc(/C=C/C4CCCCC4)[nH]c3c2)c1. The van der Waals surface area contributed by atoms with Crippen molar-refractivity contribution in [1.29, 1.82) is 0 Å². The van der Waals surface area contributed by atoms with Crippen molar-refractivity contribution in [3.8, 4) is 11.1 Å². The number of nitrogens with zero attached hydrogens (tertiary/aromatic N) is 1. The fraction of sp³-hybridized carbons (Fsp3) is 0.286. The molecule has 3 aromatic rings. The molecule has 0 atom stereocenters. The normalized spacial score (nSPS) is 16.1. The third kappa shape index (κ3) is 3.75. The summed E-state index contributed by atoms with van der Waals surface area (Å²) >= 11 is 12.4. The van der Waals surface area contributed by atoms with Gasteiger partial charge < -0.3 is 4.98 Å². The first-order valence-electron chi connectivity index (χ1n) is 8.82. The second kappa shape index (κ2) is 7.23. The number of fused-ring (bicyclic) bond motifs is 1. The predicted octanol–water partition coefficient (Wildman–Crippen LogP) is 7.13. The molecule has 1 saturated carbocycles. The molecule has 0 amide bonds. The van der Waals surface area contributed by atoms with Gasteiger partial charge in [-0.1, -0.05) is 54.6 Å². The molecule has 1 N–H and O–H groups in total. The zero-order valence-electron chi connectivity index (χ0n) is 13.9. The summed E-state index contributed by atoms with van der Waals surface area (Å²) in [7, 11) is 0. The van der Waals surface area contributed by atoms with Gasteiger partial charge in [0.1, 0.15) is 5.82 Å². The zero-order valence-corrected chi connectivity index (χ0v) is 15.4. The van der Waals surface area contributed by atoms with E-state index < -0.39 is 0 Å². The van der Waals surface area contributed by atoms with Crippen LogP contribution in [0.15, 0.2) is 42.5 Å². The van der Waals surface area contributed by atoms with Gasteiger partial charge in [0.25, 0.3) is 0 Å². The molecule has 0 bridgehead atoms. The molecule has 0 aliphatic heterocycles. The Bertz CT molecular complexity index is 921. The number of H-pyrrole nitrogens is 1. The van der Waals surface area contributed by atoms with E-state index in [1.165, 1.54) is 32.1 Å². The highest BCUT2D eigenvalue weighted by atomic mass is 35.5. The van der Waals surface area contributed by atoms with Gasteiger partial charge in [-0.25, -0.2) is 4.98 Å². The molecule has 0 radical (unpaired) electrons. The van der Waals surface area contributed by atoms with E-state index in [2.05, 4.69) is 28.2 Å². The van der Waals surface area contributed by atoms with E-state index in [1.807, 2.05) is 24.3 Å². The Hall–Kier alpha value is -1.77. The predicted molar refractivity (Wildman–Crippen MR) is 107 cm³/mol. The topological polar surface area (TPSA) is 28.7 Å². The molecule has 0 spiro atoms. The van der Waals surface area contributed by atoms with E-state index in [4.69, 9.17) is 23.2 Å². The van der Waals surface area contributed by atoms with Crippen molar-refractivity contribution in [2.45, 2.75) is 32.1 Å². The van der Waals surface area contributed by atoms with Crippen molar-refractivity contribution in [2.75, 3.05) is 0 Å². The number of halogens is 2. The van der Waals surface area contributed by atoms with Crippen molar-refractivity contribution in [3.05, 3.63) is 58.3 Å². The molecule has 1 heterocycles. The molecular weight excluding hydrogens is 351 g/mol. The van der Waals surface area contributed by atoms with Crippen LogP contribution in [0.1, 0.15) is 37.9 Å².